The lowest BCUT2D eigenvalue weighted by atomic mass is 10.1. The average Bonchev–Trinajstić information content (AvgIpc) is 2.34. The van der Waals surface area contributed by atoms with Crippen molar-refractivity contribution < 1.29 is 0 Å². The van der Waals surface area contributed by atoms with E-state index < -0.39 is 0 Å². The van der Waals surface area contributed by atoms with Gasteiger partial charge < -0.3 is 5.73 Å². The molecule has 0 aromatic carbocycles. The second-order valence-electron chi connectivity index (χ2n) is 4.48. The minimum Gasteiger partial charge on any atom is -0.329 e. The van der Waals surface area contributed by atoms with E-state index >= 15 is 0 Å². The molecule has 0 atom stereocenters. The predicted octanol–water partition coefficient (Wildman–Crippen LogP) is 2.57. The molecule has 0 aliphatic heterocycles. The van der Waals surface area contributed by atoms with Gasteiger partial charge in [0.1, 0.15) is 0 Å². The van der Waals surface area contributed by atoms with E-state index in [1.807, 2.05) is 11.8 Å². The topological polar surface area (TPSA) is 26.0 Å². The Kier molecular flexibility index (Phi) is 2.89. The first-order valence-electron chi connectivity index (χ1n) is 4.53. The van der Waals surface area contributed by atoms with Crippen LogP contribution in [-0.4, -0.2) is 16.0 Å². The Labute approximate surface area is 79.8 Å². The number of nitrogens with two attached hydrogens (primary N) is 1. The average molecular weight is 185 g/mol. The smallest absolute Gasteiger partial charge is 0.0356 e. The van der Waals surface area contributed by atoms with E-state index in [0.717, 1.165) is 19.4 Å². The van der Waals surface area contributed by atoms with Crippen LogP contribution in [0.25, 0.3) is 0 Å². The van der Waals surface area contributed by atoms with Crippen LogP contribution in [0, 0.1) is 0 Å². The lowest BCUT2D eigenvalue weighted by molar-refractivity contribution is 0.625. The Bertz CT molecular complexity index is 171. The van der Waals surface area contributed by atoms with Crippen molar-refractivity contribution in [3.8, 4) is 0 Å². The molecular weight excluding hydrogens is 166 g/mol. The van der Waals surface area contributed by atoms with E-state index in [1.54, 1.807) is 0 Å². The van der Waals surface area contributed by atoms with Gasteiger partial charge in [-0.15, -0.1) is 11.8 Å². The lowest BCUT2D eigenvalue weighted by Gasteiger charge is -2.33. The molecular formula is C10H19NS. The van der Waals surface area contributed by atoms with Gasteiger partial charge in [0.05, 0.1) is 0 Å². The zero-order valence-electron chi connectivity index (χ0n) is 8.26. The van der Waals surface area contributed by atoms with Crippen LogP contribution in [0.4, 0.5) is 0 Å². The first-order valence-corrected chi connectivity index (χ1v) is 5.34. The molecule has 0 aromatic heterocycles. The van der Waals surface area contributed by atoms with Gasteiger partial charge in [0, 0.05) is 16.0 Å². The SMILES string of the molecule is CC(C)(C)SC1(CN)CC=CC1. The molecule has 1 aliphatic rings. The van der Waals surface area contributed by atoms with Crippen molar-refractivity contribution in [1.82, 2.24) is 0 Å². The highest BCUT2D eigenvalue weighted by atomic mass is 32.2. The summed E-state index contributed by atoms with van der Waals surface area (Å²) in [5.41, 5.74) is 5.82. The largest absolute Gasteiger partial charge is 0.329 e. The van der Waals surface area contributed by atoms with Gasteiger partial charge in [0.2, 0.25) is 0 Å². The number of thioether (sulfide) groups is 1. The van der Waals surface area contributed by atoms with Crippen LogP contribution in [0.15, 0.2) is 12.2 Å². The van der Waals surface area contributed by atoms with Crippen LogP contribution in [0.1, 0.15) is 33.6 Å². The number of hydrogen-bond donors (Lipinski definition) is 1. The van der Waals surface area contributed by atoms with E-state index in [9.17, 15) is 0 Å². The molecule has 0 saturated heterocycles. The van der Waals surface area contributed by atoms with Crippen molar-refractivity contribution in [3.63, 3.8) is 0 Å². The van der Waals surface area contributed by atoms with Crippen LogP contribution >= 0.6 is 11.8 Å². The zero-order chi connectivity index (χ0) is 9.24. The van der Waals surface area contributed by atoms with Crippen molar-refractivity contribution in [2.24, 2.45) is 5.73 Å². The Morgan fingerprint density at radius 1 is 1.33 bits per heavy atom. The number of rotatable bonds is 2. The third-order valence-corrected chi connectivity index (χ3v) is 3.59. The maximum absolute atomic E-state index is 5.82. The van der Waals surface area contributed by atoms with Crippen LogP contribution in [0.3, 0.4) is 0 Å². The Morgan fingerprint density at radius 2 is 1.83 bits per heavy atom. The van der Waals surface area contributed by atoms with Crippen LogP contribution in [-0.2, 0) is 0 Å². The normalized spacial score (nSPS) is 21.7. The minimum absolute atomic E-state index is 0.304. The standard InChI is InChI=1S/C10H19NS/c1-9(2,3)12-10(8-11)6-4-5-7-10/h4-5H,6-8,11H2,1-3H3. The number of hydrogen-bond acceptors (Lipinski definition) is 2. The summed E-state index contributed by atoms with van der Waals surface area (Å²) in [4.78, 5) is 0. The first kappa shape index (κ1) is 10.1. The van der Waals surface area contributed by atoms with E-state index in [1.165, 1.54) is 0 Å². The van der Waals surface area contributed by atoms with E-state index in [-0.39, 0.29) is 0 Å². The van der Waals surface area contributed by atoms with Gasteiger partial charge in [-0.25, -0.2) is 0 Å². The second-order valence-corrected chi connectivity index (χ2v) is 6.78. The minimum atomic E-state index is 0.304. The summed E-state index contributed by atoms with van der Waals surface area (Å²) < 4.78 is 0.629. The van der Waals surface area contributed by atoms with Gasteiger partial charge >= 0.3 is 0 Å². The van der Waals surface area contributed by atoms with Crippen molar-refractivity contribution in [2.75, 3.05) is 6.54 Å². The summed E-state index contributed by atoms with van der Waals surface area (Å²) in [7, 11) is 0. The van der Waals surface area contributed by atoms with Gasteiger partial charge in [-0.05, 0) is 12.8 Å². The highest BCUT2D eigenvalue weighted by Crippen LogP contribution is 2.43. The molecule has 1 nitrogen and oxygen atoms in total. The molecule has 0 unspecified atom stereocenters. The van der Waals surface area contributed by atoms with Gasteiger partial charge in [0.15, 0.2) is 0 Å². The molecule has 0 aromatic rings. The van der Waals surface area contributed by atoms with Gasteiger partial charge in [-0.2, -0.15) is 0 Å². The summed E-state index contributed by atoms with van der Waals surface area (Å²) >= 11 is 2.02. The molecule has 0 saturated carbocycles. The van der Waals surface area contributed by atoms with Crippen LogP contribution < -0.4 is 5.73 Å². The molecule has 0 fully saturated rings. The Balaban J connectivity index is 2.57. The van der Waals surface area contributed by atoms with Crippen molar-refractivity contribution in [2.45, 2.75) is 43.1 Å². The fraction of sp³-hybridized carbons (Fsp3) is 0.800. The maximum Gasteiger partial charge on any atom is 0.0356 e. The molecule has 0 spiro atoms. The van der Waals surface area contributed by atoms with E-state index in [4.69, 9.17) is 5.73 Å². The fourth-order valence-electron chi connectivity index (χ4n) is 1.62. The van der Waals surface area contributed by atoms with E-state index in [0.29, 0.717) is 9.49 Å². The predicted molar refractivity (Wildman–Crippen MR) is 57.5 cm³/mol. The summed E-state index contributed by atoms with van der Waals surface area (Å²) in [5, 5.41) is 0. The molecule has 0 amide bonds. The first-order chi connectivity index (χ1) is 5.47. The highest BCUT2D eigenvalue weighted by Gasteiger charge is 2.34. The highest BCUT2D eigenvalue weighted by molar-refractivity contribution is 8.02. The third-order valence-electron chi connectivity index (χ3n) is 2.04. The summed E-state index contributed by atoms with van der Waals surface area (Å²) in [5.74, 6) is 0. The summed E-state index contributed by atoms with van der Waals surface area (Å²) in [6, 6.07) is 0. The molecule has 12 heavy (non-hydrogen) atoms. The fourth-order valence-corrected chi connectivity index (χ4v) is 3.36. The molecule has 0 radical (unpaired) electrons. The van der Waals surface area contributed by atoms with Crippen LogP contribution in [0.2, 0.25) is 0 Å². The maximum atomic E-state index is 5.82. The quantitative estimate of drug-likeness (QED) is 0.669. The monoisotopic (exact) mass is 185 g/mol. The Morgan fingerprint density at radius 3 is 2.17 bits per heavy atom. The molecule has 0 heterocycles. The molecule has 1 aliphatic carbocycles. The molecule has 0 bridgehead atoms. The zero-order valence-corrected chi connectivity index (χ0v) is 9.08. The van der Waals surface area contributed by atoms with Gasteiger partial charge in [-0.3, -0.25) is 0 Å². The second kappa shape index (κ2) is 3.43. The van der Waals surface area contributed by atoms with E-state index in [2.05, 4.69) is 32.9 Å². The van der Waals surface area contributed by atoms with Crippen molar-refractivity contribution in [3.05, 3.63) is 12.2 Å². The molecule has 2 N–H and O–H groups in total. The van der Waals surface area contributed by atoms with Crippen LogP contribution in [0.5, 0.6) is 0 Å². The Hall–Kier alpha value is 0.0500. The van der Waals surface area contributed by atoms with Crippen molar-refractivity contribution >= 4 is 11.8 Å². The third kappa shape index (κ3) is 2.53. The lowest BCUT2D eigenvalue weighted by Crippen LogP contribution is -2.35. The molecule has 1 rings (SSSR count). The summed E-state index contributed by atoms with van der Waals surface area (Å²) in [6.07, 6.45) is 6.80. The number of allylic oxidation sites excluding steroid dienone is 2. The van der Waals surface area contributed by atoms with Gasteiger partial charge in [-0.1, -0.05) is 32.9 Å². The summed E-state index contributed by atoms with van der Waals surface area (Å²) in [6.45, 7) is 7.57. The molecule has 2 heteroatoms. The molecule has 70 valence electrons. The van der Waals surface area contributed by atoms with Crippen molar-refractivity contribution in [1.29, 1.82) is 0 Å². The van der Waals surface area contributed by atoms with Gasteiger partial charge in [0.25, 0.3) is 0 Å².